The molecule has 2 heteroatoms. The number of thiophene rings is 1. The number of hydrogen-bond acceptors (Lipinski definition) is 2. The van der Waals surface area contributed by atoms with E-state index in [1.165, 1.54) is 64.7 Å². The van der Waals surface area contributed by atoms with Gasteiger partial charge in [0.15, 0.2) is 0 Å². The summed E-state index contributed by atoms with van der Waals surface area (Å²) in [4.78, 5) is 2.40. The number of nitrogens with zero attached hydrogens (tertiary/aromatic N) is 1. The maximum atomic E-state index is 2.40. The maximum absolute atomic E-state index is 2.40. The first-order valence-corrected chi connectivity index (χ1v) is 18.3. The summed E-state index contributed by atoms with van der Waals surface area (Å²) in [7, 11) is 0. The molecule has 0 N–H and O–H groups in total. The van der Waals surface area contributed by atoms with Crippen LogP contribution in [0.25, 0.3) is 42.4 Å². The lowest BCUT2D eigenvalue weighted by atomic mass is 9.67. The molecule has 9 aromatic rings. The summed E-state index contributed by atoms with van der Waals surface area (Å²) in [6.07, 6.45) is 0. The molecule has 0 saturated carbocycles. The fraction of sp³-hybridized carbons (Fsp3) is 0.0204. The number of rotatable bonds is 6. The minimum absolute atomic E-state index is 0.442. The van der Waals surface area contributed by atoms with Gasteiger partial charge in [-0.1, -0.05) is 170 Å². The Morgan fingerprint density at radius 2 is 0.961 bits per heavy atom. The molecule has 10 rings (SSSR count). The van der Waals surface area contributed by atoms with Crippen LogP contribution in [0.15, 0.2) is 200 Å². The molecular formula is C49H33NS. The first-order valence-electron chi connectivity index (χ1n) is 17.5. The summed E-state index contributed by atoms with van der Waals surface area (Å²) in [5, 5.41) is 2.58. The zero-order valence-electron chi connectivity index (χ0n) is 27.9. The van der Waals surface area contributed by atoms with E-state index in [0.717, 1.165) is 17.1 Å². The van der Waals surface area contributed by atoms with Crippen LogP contribution in [-0.2, 0) is 5.41 Å². The average molecular weight is 668 g/mol. The molecule has 1 aliphatic carbocycles. The number of hydrogen-bond donors (Lipinski definition) is 0. The van der Waals surface area contributed by atoms with E-state index >= 15 is 0 Å². The molecule has 1 nitrogen and oxygen atoms in total. The van der Waals surface area contributed by atoms with Crippen molar-refractivity contribution in [1.29, 1.82) is 0 Å². The Kier molecular flexibility index (Phi) is 6.97. The highest BCUT2D eigenvalue weighted by Gasteiger charge is 2.46. The van der Waals surface area contributed by atoms with Crippen molar-refractivity contribution in [3.05, 3.63) is 222 Å². The monoisotopic (exact) mass is 667 g/mol. The van der Waals surface area contributed by atoms with Crippen molar-refractivity contribution >= 4 is 48.6 Å². The number of anilines is 3. The van der Waals surface area contributed by atoms with E-state index in [0.29, 0.717) is 0 Å². The zero-order chi connectivity index (χ0) is 33.8. The Balaban J connectivity index is 1.23. The quantitative estimate of drug-likeness (QED) is 0.171. The van der Waals surface area contributed by atoms with Crippen LogP contribution in [0.2, 0.25) is 0 Å². The second kappa shape index (κ2) is 12.0. The van der Waals surface area contributed by atoms with Crippen molar-refractivity contribution < 1.29 is 0 Å². The van der Waals surface area contributed by atoms with Crippen LogP contribution in [0.5, 0.6) is 0 Å². The van der Waals surface area contributed by atoms with Gasteiger partial charge in [-0.25, -0.2) is 0 Å². The third-order valence-electron chi connectivity index (χ3n) is 10.5. The van der Waals surface area contributed by atoms with Crippen molar-refractivity contribution in [2.75, 3.05) is 4.90 Å². The largest absolute Gasteiger partial charge is 0.310 e. The number of para-hydroxylation sites is 2. The highest BCUT2D eigenvalue weighted by atomic mass is 32.1. The molecule has 0 fully saturated rings. The van der Waals surface area contributed by atoms with Crippen LogP contribution in [0.3, 0.4) is 0 Å². The van der Waals surface area contributed by atoms with E-state index in [-0.39, 0.29) is 0 Å². The van der Waals surface area contributed by atoms with Crippen LogP contribution in [-0.4, -0.2) is 0 Å². The van der Waals surface area contributed by atoms with Gasteiger partial charge in [-0.15, -0.1) is 11.3 Å². The molecule has 1 heterocycles. The zero-order valence-corrected chi connectivity index (χ0v) is 28.7. The maximum Gasteiger partial charge on any atom is 0.0727 e. The van der Waals surface area contributed by atoms with Crippen LogP contribution >= 0.6 is 11.3 Å². The van der Waals surface area contributed by atoms with Crippen LogP contribution in [0.4, 0.5) is 17.1 Å². The van der Waals surface area contributed by atoms with E-state index in [2.05, 4.69) is 205 Å². The first-order chi connectivity index (χ1) is 25.3. The van der Waals surface area contributed by atoms with Gasteiger partial charge in [0.2, 0.25) is 0 Å². The average Bonchev–Trinajstić information content (AvgIpc) is 3.73. The van der Waals surface area contributed by atoms with Gasteiger partial charge in [0.25, 0.3) is 0 Å². The smallest absolute Gasteiger partial charge is 0.0727 e. The van der Waals surface area contributed by atoms with E-state index in [4.69, 9.17) is 0 Å². The minimum atomic E-state index is -0.442. The second-order valence-corrected chi connectivity index (χ2v) is 14.3. The molecule has 1 aromatic heterocycles. The van der Waals surface area contributed by atoms with Crippen molar-refractivity contribution in [3.8, 4) is 22.3 Å². The van der Waals surface area contributed by atoms with Gasteiger partial charge in [0.05, 0.1) is 11.1 Å². The molecule has 8 aromatic carbocycles. The third-order valence-corrected chi connectivity index (χ3v) is 11.7. The Labute approximate surface area is 302 Å². The molecule has 51 heavy (non-hydrogen) atoms. The summed E-state index contributed by atoms with van der Waals surface area (Å²) in [6, 6.07) is 73.3. The van der Waals surface area contributed by atoms with Crippen molar-refractivity contribution in [2.45, 2.75) is 5.41 Å². The van der Waals surface area contributed by atoms with Gasteiger partial charge in [-0.3, -0.25) is 0 Å². The molecule has 0 radical (unpaired) electrons. The summed E-state index contributed by atoms with van der Waals surface area (Å²) in [5.41, 5.74) is 13.3. The van der Waals surface area contributed by atoms with Crippen LogP contribution < -0.4 is 4.90 Å². The van der Waals surface area contributed by atoms with Crippen molar-refractivity contribution in [2.24, 2.45) is 0 Å². The van der Waals surface area contributed by atoms with E-state index in [9.17, 15) is 0 Å². The third kappa shape index (κ3) is 4.54. The first kappa shape index (κ1) is 29.7. The van der Waals surface area contributed by atoms with Gasteiger partial charge in [0, 0.05) is 37.1 Å². The molecule has 0 atom stereocenters. The molecule has 0 saturated heterocycles. The lowest BCUT2D eigenvalue weighted by molar-refractivity contribution is 0.778. The standard InChI is InChI=1S/C49H33NS/c1-4-17-34(18-5-1)38-23-12-15-30-46(38)50(36-21-8-3-9-22-36)37-31-32-41-42-26-16-29-45(48(42)51-47(41)33-37)49(35-19-6-2-7-20-35)43-27-13-10-24-39(43)40-25-11-14-28-44(40)49/h1-33H. The normalized spacial score (nSPS) is 12.9. The molecule has 0 amide bonds. The Hall–Kier alpha value is -6.22. The molecule has 0 bridgehead atoms. The summed E-state index contributed by atoms with van der Waals surface area (Å²) in [6.45, 7) is 0. The lowest BCUT2D eigenvalue weighted by Crippen LogP contribution is -2.28. The summed E-state index contributed by atoms with van der Waals surface area (Å²) in [5.74, 6) is 0. The predicted molar refractivity (Wildman–Crippen MR) is 217 cm³/mol. The Bertz CT molecular complexity index is 2650. The Morgan fingerprint density at radius 1 is 0.392 bits per heavy atom. The van der Waals surface area contributed by atoms with Gasteiger partial charge in [-0.05, 0) is 69.3 Å². The van der Waals surface area contributed by atoms with Crippen molar-refractivity contribution in [3.63, 3.8) is 0 Å². The van der Waals surface area contributed by atoms with Gasteiger partial charge in [0.1, 0.15) is 0 Å². The topological polar surface area (TPSA) is 3.24 Å². The van der Waals surface area contributed by atoms with Gasteiger partial charge in [-0.2, -0.15) is 0 Å². The second-order valence-electron chi connectivity index (χ2n) is 13.2. The minimum Gasteiger partial charge on any atom is -0.310 e. The molecule has 0 aliphatic heterocycles. The summed E-state index contributed by atoms with van der Waals surface area (Å²) >= 11 is 1.91. The molecular weight excluding hydrogens is 635 g/mol. The number of fused-ring (bicyclic) bond motifs is 6. The Morgan fingerprint density at radius 3 is 1.67 bits per heavy atom. The van der Waals surface area contributed by atoms with Crippen molar-refractivity contribution in [1.82, 2.24) is 0 Å². The van der Waals surface area contributed by atoms with E-state index < -0.39 is 5.41 Å². The molecule has 0 unspecified atom stereocenters. The van der Waals surface area contributed by atoms with Gasteiger partial charge < -0.3 is 4.90 Å². The fourth-order valence-corrected chi connectivity index (χ4v) is 9.74. The lowest BCUT2D eigenvalue weighted by Gasteiger charge is -2.34. The van der Waals surface area contributed by atoms with Crippen LogP contribution in [0.1, 0.15) is 22.3 Å². The fourth-order valence-electron chi connectivity index (χ4n) is 8.44. The van der Waals surface area contributed by atoms with E-state index in [1.807, 2.05) is 11.3 Å². The summed E-state index contributed by atoms with van der Waals surface area (Å²) < 4.78 is 2.60. The number of benzene rings is 8. The van der Waals surface area contributed by atoms with E-state index in [1.54, 1.807) is 0 Å². The SMILES string of the molecule is c1ccc(-c2ccccc2N(c2ccccc2)c2ccc3c(c2)sc2c(C4(c5ccccc5)c5ccccc5-c5ccccc54)cccc23)cc1. The molecule has 0 spiro atoms. The molecule has 240 valence electrons. The van der Waals surface area contributed by atoms with Crippen LogP contribution in [0, 0.1) is 0 Å². The highest BCUT2D eigenvalue weighted by molar-refractivity contribution is 7.26. The highest BCUT2D eigenvalue weighted by Crippen LogP contribution is 2.58. The molecule has 1 aliphatic rings. The van der Waals surface area contributed by atoms with Gasteiger partial charge >= 0.3 is 0 Å². The predicted octanol–water partition coefficient (Wildman–Crippen LogP) is 13.6.